The number of carbonyl (C=O) groups excluding carboxylic acids is 1. The third kappa shape index (κ3) is 3.23. The number of aryl methyl sites for hydroxylation is 1. The second-order valence-electron chi connectivity index (χ2n) is 6.88. The summed E-state index contributed by atoms with van der Waals surface area (Å²) in [6, 6.07) is 5.40. The predicted molar refractivity (Wildman–Crippen MR) is 108 cm³/mol. The van der Waals surface area contributed by atoms with E-state index >= 15 is 0 Å². The Morgan fingerprint density at radius 2 is 2.00 bits per heavy atom. The first-order valence-corrected chi connectivity index (χ1v) is 10.2. The van der Waals surface area contributed by atoms with Crippen LogP contribution < -0.4 is 5.32 Å². The second kappa shape index (κ2) is 7.08. The van der Waals surface area contributed by atoms with Crippen LogP contribution in [-0.2, 0) is 11.0 Å². The molecule has 1 aliphatic heterocycles. The first-order chi connectivity index (χ1) is 14.8. The Bertz CT molecular complexity index is 1310. The van der Waals surface area contributed by atoms with Crippen LogP contribution >= 0.6 is 11.8 Å². The topological polar surface area (TPSA) is 101 Å². The number of imidazole rings is 1. The van der Waals surface area contributed by atoms with Gasteiger partial charge in [-0.15, -0.1) is 11.8 Å². The van der Waals surface area contributed by atoms with Crippen LogP contribution in [-0.4, -0.2) is 41.4 Å². The molecule has 1 unspecified atom stereocenters. The van der Waals surface area contributed by atoms with Crippen LogP contribution in [0.1, 0.15) is 27.6 Å². The number of aromatic nitrogens is 6. The lowest BCUT2D eigenvalue weighted by atomic mass is 9.98. The molecule has 2 N–H and O–H groups in total. The molecule has 4 aromatic rings. The van der Waals surface area contributed by atoms with Gasteiger partial charge in [0.15, 0.2) is 11.5 Å². The van der Waals surface area contributed by atoms with Crippen molar-refractivity contribution >= 4 is 34.7 Å². The third-order valence-corrected chi connectivity index (χ3v) is 6.21. The Hall–Kier alpha value is -3.41. The van der Waals surface area contributed by atoms with Crippen LogP contribution in [0, 0.1) is 6.92 Å². The number of hydrogen-bond donors (Lipinski definition) is 2. The number of aromatic amines is 1. The van der Waals surface area contributed by atoms with Crippen LogP contribution in [0.5, 0.6) is 0 Å². The largest absolute Gasteiger partial charge is 0.416 e. The Balaban J connectivity index is 1.75. The molecule has 0 saturated carbocycles. The van der Waals surface area contributed by atoms with Crippen molar-refractivity contribution in [2.45, 2.75) is 18.3 Å². The molecule has 1 atom stereocenters. The first-order valence-electron chi connectivity index (χ1n) is 9.16. The van der Waals surface area contributed by atoms with E-state index in [0.717, 1.165) is 17.8 Å². The van der Waals surface area contributed by atoms with Gasteiger partial charge in [-0.2, -0.15) is 23.0 Å². The van der Waals surface area contributed by atoms with Gasteiger partial charge >= 0.3 is 6.18 Å². The van der Waals surface area contributed by atoms with Crippen LogP contribution in [0.3, 0.4) is 0 Å². The number of hydrogen-bond acceptors (Lipinski definition) is 6. The van der Waals surface area contributed by atoms with E-state index < -0.39 is 17.0 Å². The van der Waals surface area contributed by atoms with Crippen molar-refractivity contribution < 1.29 is 18.0 Å². The van der Waals surface area contributed by atoms with E-state index in [1.54, 1.807) is 13.0 Å². The van der Waals surface area contributed by atoms with E-state index in [1.807, 2.05) is 0 Å². The summed E-state index contributed by atoms with van der Waals surface area (Å²) >= 11 is 1.13. The van der Waals surface area contributed by atoms with Crippen LogP contribution in [0.4, 0.5) is 19.0 Å². The van der Waals surface area contributed by atoms with Crippen molar-refractivity contribution in [3.05, 3.63) is 59.3 Å². The minimum atomic E-state index is -4.53. The van der Waals surface area contributed by atoms with Crippen LogP contribution in [0.25, 0.3) is 17.0 Å². The van der Waals surface area contributed by atoms with Crippen LogP contribution in [0.15, 0.2) is 36.9 Å². The maximum Gasteiger partial charge on any atom is 0.416 e. The SMILES string of the molecule is Cc1nn(-c2ncnc3nc[nH]c23)c2c1C(c1ccccc1C(F)(F)F)SCC(=O)N2. The number of fused-ring (bicyclic) bond motifs is 2. The lowest BCUT2D eigenvalue weighted by Crippen LogP contribution is -2.16. The Kier molecular flexibility index (Phi) is 4.46. The Morgan fingerprint density at radius 3 is 2.81 bits per heavy atom. The molecule has 0 saturated heterocycles. The number of carbonyl (C=O) groups is 1. The summed E-state index contributed by atoms with van der Waals surface area (Å²) in [5, 5.41) is 6.54. The molecule has 3 aromatic heterocycles. The number of benzene rings is 1. The summed E-state index contributed by atoms with van der Waals surface area (Å²) in [7, 11) is 0. The van der Waals surface area contributed by atoms with E-state index in [9.17, 15) is 18.0 Å². The second-order valence-corrected chi connectivity index (χ2v) is 7.98. The van der Waals surface area contributed by atoms with Gasteiger partial charge in [-0.05, 0) is 18.6 Å². The number of nitrogens with zero attached hydrogens (tertiary/aromatic N) is 5. The molecule has 0 radical (unpaired) electrons. The third-order valence-electron chi connectivity index (χ3n) is 4.96. The monoisotopic (exact) mass is 445 g/mol. The Morgan fingerprint density at radius 1 is 1.19 bits per heavy atom. The van der Waals surface area contributed by atoms with Gasteiger partial charge < -0.3 is 10.3 Å². The number of nitrogens with one attached hydrogen (secondary N) is 2. The number of amides is 1. The maximum atomic E-state index is 13.7. The van der Waals surface area contributed by atoms with E-state index in [1.165, 1.54) is 29.5 Å². The summed E-state index contributed by atoms with van der Waals surface area (Å²) in [5.41, 5.74) is 1.22. The molecule has 158 valence electrons. The van der Waals surface area contributed by atoms with Crippen molar-refractivity contribution in [3.63, 3.8) is 0 Å². The number of H-pyrrole nitrogens is 1. The van der Waals surface area contributed by atoms with E-state index in [4.69, 9.17) is 0 Å². The first kappa shape index (κ1) is 19.5. The fourth-order valence-corrected chi connectivity index (χ4v) is 4.90. The van der Waals surface area contributed by atoms with Crippen molar-refractivity contribution in [1.29, 1.82) is 0 Å². The van der Waals surface area contributed by atoms with Gasteiger partial charge in [0.2, 0.25) is 5.91 Å². The molecule has 5 rings (SSSR count). The van der Waals surface area contributed by atoms with Gasteiger partial charge in [0.05, 0.1) is 28.6 Å². The number of alkyl halides is 3. The summed E-state index contributed by atoms with van der Waals surface area (Å²) in [5.74, 6) is 0.272. The maximum absolute atomic E-state index is 13.7. The molecule has 1 amide bonds. The standard InChI is InChI=1S/C19H14F3N7OS/c1-9-13-15(10-4-2-3-5-11(10)19(20,21)22)31-6-12(30)27-17(13)29(28-9)18-14-16(24-7-23-14)25-8-26-18/h2-5,7-8,15H,6H2,1H3,(H,27,30)(H,23,24,25,26). The number of thioether (sulfide) groups is 1. The fraction of sp³-hybridized carbons (Fsp3) is 0.211. The van der Waals surface area contributed by atoms with Crippen LogP contribution in [0.2, 0.25) is 0 Å². The molecule has 1 aliphatic rings. The zero-order valence-corrected chi connectivity index (χ0v) is 16.8. The highest BCUT2D eigenvalue weighted by atomic mass is 32.2. The van der Waals surface area contributed by atoms with Crippen molar-refractivity contribution in [1.82, 2.24) is 29.7 Å². The van der Waals surface area contributed by atoms with E-state index in [-0.39, 0.29) is 23.0 Å². The van der Waals surface area contributed by atoms with Gasteiger partial charge in [0.25, 0.3) is 0 Å². The number of anilines is 1. The van der Waals surface area contributed by atoms with Gasteiger partial charge in [-0.25, -0.2) is 15.0 Å². The summed E-state index contributed by atoms with van der Waals surface area (Å²) in [4.78, 5) is 27.8. The molecule has 1 aromatic carbocycles. The molecular weight excluding hydrogens is 431 g/mol. The summed E-state index contributed by atoms with van der Waals surface area (Å²) < 4.78 is 42.6. The number of halogens is 3. The highest BCUT2D eigenvalue weighted by Gasteiger charge is 2.38. The summed E-state index contributed by atoms with van der Waals surface area (Å²) in [6.45, 7) is 1.70. The van der Waals surface area contributed by atoms with E-state index in [0.29, 0.717) is 28.2 Å². The zero-order valence-electron chi connectivity index (χ0n) is 15.9. The molecule has 4 heterocycles. The van der Waals surface area contributed by atoms with Crippen molar-refractivity contribution in [2.24, 2.45) is 0 Å². The molecular formula is C19H14F3N7OS. The summed E-state index contributed by atoms with van der Waals surface area (Å²) in [6.07, 6.45) is -1.76. The molecule has 0 fully saturated rings. The molecule has 8 nitrogen and oxygen atoms in total. The molecule has 0 bridgehead atoms. The normalized spacial score (nSPS) is 16.8. The average molecular weight is 445 g/mol. The Labute approximate surface area is 177 Å². The van der Waals surface area contributed by atoms with Crippen molar-refractivity contribution in [3.8, 4) is 5.82 Å². The highest BCUT2D eigenvalue weighted by molar-refractivity contribution is 8.00. The smallest absolute Gasteiger partial charge is 0.340 e. The highest BCUT2D eigenvalue weighted by Crippen LogP contribution is 2.47. The van der Waals surface area contributed by atoms with Gasteiger partial charge in [0.1, 0.15) is 17.7 Å². The average Bonchev–Trinajstić information content (AvgIpc) is 3.28. The minimum Gasteiger partial charge on any atom is -0.340 e. The minimum absolute atomic E-state index is 0.00573. The quantitative estimate of drug-likeness (QED) is 0.489. The fourth-order valence-electron chi connectivity index (χ4n) is 3.68. The molecule has 0 aliphatic carbocycles. The number of rotatable bonds is 2. The van der Waals surface area contributed by atoms with E-state index in [2.05, 4.69) is 30.4 Å². The van der Waals surface area contributed by atoms with Crippen molar-refractivity contribution in [2.75, 3.05) is 11.1 Å². The molecule has 0 spiro atoms. The lowest BCUT2D eigenvalue weighted by molar-refractivity contribution is -0.138. The van der Waals surface area contributed by atoms with Gasteiger partial charge in [0, 0.05) is 5.56 Å². The molecule has 31 heavy (non-hydrogen) atoms. The van der Waals surface area contributed by atoms with Gasteiger partial charge in [-0.3, -0.25) is 4.79 Å². The van der Waals surface area contributed by atoms with Gasteiger partial charge in [-0.1, -0.05) is 18.2 Å². The zero-order chi connectivity index (χ0) is 21.8. The molecule has 12 heteroatoms. The predicted octanol–water partition coefficient (Wildman–Crippen LogP) is 3.64. The lowest BCUT2D eigenvalue weighted by Gasteiger charge is -2.20.